The van der Waals surface area contributed by atoms with Gasteiger partial charge in [0.15, 0.2) is 11.5 Å². The number of carbonyl (C=O) groups is 4. The van der Waals surface area contributed by atoms with Crippen molar-refractivity contribution in [3.8, 4) is 11.5 Å². The summed E-state index contributed by atoms with van der Waals surface area (Å²) in [5.74, 6) is -1.11. The normalized spacial score (nSPS) is 18.3. The van der Waals surface area contributed by atoms with Crippen molar-refractivity contribution in [2.75, 3.05) is 19.7 Å². The Labute approximate surface area is 164 Å². The lowest BCUT2D eigenvalue weighted by Crippen LogP contribution is -2.45. The van der Waals surface area contributed by atoms with Crippen LogP contribution in [0, 0.1) is 0 Å². The van der Waals surface area contributed by atoms with E-state index in [1.54, 1.807) is 30.3 Å². The van der Waals surface area contributed by atoms with Gasteiger partial charge in [0.2, 0.25) is 5.91 Å². The highest BCUT2D eigenvalue weighted by molar-refractivity contribution is 6.44. The van der Waals surface area contributed by atoms with E-state index in [1.165, 1.54) is 6.26 Å². The summed E-state index contributed by atoms with van der Waals surface area (Å²) in [4.78, 5) is 50.1. The number of amides is 5. The number of furan rings is 1. The molecule has 10 nitrogen and oxygen atoms in total. The Bertz CT molecular complexity index is 956. The van der Waals surface area contributed by atoms with Gasteiger partial charge in [-0.15, -0.1) is 0 Å². The number of carbonyl (C=O) groups excluding carboxylic acids is 4. The quantitative estimate of drug-likeness (QED) is 0.556. The van der Waals surface area contributed by atoms with E-state index < -0.39 is 36.4 Å². The molecule has 2 aliphatic heterocycles. The maximum absolute atomic E-state index is 12.4. The lowest BCUT2D eigenvalue weighted by molar-refractivity contribution is -0.144. The summed E-state index contributed by atoms with van der Waals surface area (Å²) in [5.41, 5.74) is 0. The predicted molar refractivity (Wildman–Crippen MR) is 95.7 cm³/mol. The molecule has 29 heavy (non-hydrogen) atoms. The molecular weight excluding hydrogens is 382 g/mol. The standard InChI is InChI=1S/C19H17N3O7/c23-16(20-8-13-11-28-14-5-1-2-6-15(14)29-13)10-22-18(25)17(24)21(19(22)26)9-12-4-3-7-27-12/h1-7,13H,8-11H2,(H,20,23)/t13-/m1/s1. The zero-order valence-electron chi connectivity index (χ0n) is 15.2. The molecule has 0 spiro atoms. The van der Waals surface area contributed by atoms with Crippen LogP contribution in [0.25, 0.3) is 0 Å². The van der Waals surface area contributed by atoms with E-state index in [1.807, 2.05) is 6.07 Å². The van der Waals surface area contributed by atoms with Gasteiger partial charge in [-0.3, -0.25) is 14.4 Å². The first-order chi connectivity index (χ1) is 14.0. The molecule has 2 aromatic rings. The van der Waals surface area contributed by atoms with Crippen LogP contribution < -0.4 is 14.8 Å². The number of nitrogens with one attached hydrogen (secondary N) is 1. The summed E-state index contributed by atoms with van der Waals surface area (Å²) in [7, 11) is 0. The van der Waals surface area contributed by atoms with E-state index in [0.29, 0.717) is 22.2 Å². The Hall–Kier alpha value is -3.82. The fourth-order valence-corrected chi connectivity index (χ4v) is 2.98. The number of fused-ring (bicyclic) bond motifs is 1. The number of para-hydroxylation sites is 2. The molecule has 2 aliphatic rings. The van der Waals surface area contributed by atoms with E-state index in [2.05, 4.69) is 5.32 Å². The van der Waals surface area contributed by atoms with E-state index in [-0.39, 0.29) is 19.7 Å². The van der Waals surface area contributed by atoms with Crippen LogP contribution in [0.3, 0.4) is 0 Å². The predicted octanol–water partition coefficient (Wildman–Crippen LogP) is 0.527. The summed E-state index contributed by atoms with van der Waals surface area (Å²) >= 11 is 0. The zero-order chi connectivity index (χ0) is 20.4. The van der Waals surface area contributed by atoms with E-state index in [4.69, 9.17) is 13.9 Å². The first kappa shape index (κ1) is 18.5. The zero-order valence-corrected chi connectivity index (χ0v) is 15.2. The van der Waals surface area contributed by atoms with Crippen LogP contribution in [0.15, 0.2) is 47.1 Å². The highest BCUT2D eigenvalue weighted by Gasteiger charge is 2.45. The molecule has 0 aliphatic carbocycles. The molecular formula is C19H17N3O7. The van der Waals surface area contributed by atoms with Crippen molar-refractivity contribution in [1.82, 2.24) is 15.1 Å². The molecule has 1 saturated heterocycles. The van der Waals surface area contributed by atoms with Crippen LogP contribution in [0.5, 0.6) is 11.5 Å². The highest BCUT2D eigenvalue weighted by atomic mass is 16.6. The molecule has 1 N–H and O–H groups in total. The molecule has 150 valence electrons. The summed E-state index contributed by atoms with van der Waals surface area (Å²) in [6, 6.07) is 9.47. The molecule has 0 bridgehead atoms. The van der Waals surface area contributed by atoms with Crippen LogP contribution in [0.1, 0.15) is 5.76 Å². The Kier molecular flexibility index (Phi) is 4.90. The first-order valence-electron chi connectivity index (χ1n) is 8.88. The molecule has 3 heterocycles. The number of rotatable bonds is 6. The number of imide groups is 2. The molecule has 1 atom stereocenters. The monoisotopic (exact) mass is 399 g/mol. The first-order valence-corrected chi connectivity index (χ1v) is 8.88. The van der Waals surface area contributed by atoms with Crippen molar-refractivity contribution in [1.29, 1.82) is 0 Å². The van der Waals surface area contributed by atoms with Gasteiger partial charge in [0.1, 0.15) is 25.0 Å². The molecule has 4 rings (SSSR count). The number of nitrogens with zero attached hydrogens (tertiary/aromatic N) is 2. The number of urea groups is 1. The van der Waals surface area contributed by atoms with Crippen LogP contribution in [0.4, 0.5) is 4.79 Å². The van der Waals surface area contributed by atoms with Crippen molar-refractivity contribution in [2.24, 2.45) is 0 Å². The lowest BCUT2D eigenvalue weighted by Gasteiger charge is -2.26. The Balaban J connectivity index is 1.31. The molecule has 5 amide bonds. The topological polar surface area (TPSA) is 118 Å². The summed E-state index contributed by atoms with van der Waals surface area (Å²) < 4.78 is 16.4. The minimum absolute atomic E-state index is 0.118. The van der Waals surface area contributed by atoms with Crippen LogP contribution in [0.2, 0.25) is 0 Å². The average Bonchev–Trinajstić information content (AvgIpc) is 3.31. The third kappa shape index (κ3) is 3.77. The second kappa shape index (κ2) is 7.66. The number of hydrogen-bond acceptors (Lipinski definition) is 7. The second-order valence-corrected chi connectivity index (χ2v) is 6.45. The minimum Gasteiger partial charge on any atom is -0.486 e. The molecule has 0 saturated carbocycles. The van der Waals surface area contributed by atoms with Gasteiger partial charge in [-0.25, -0.2) is 14.6 Å². The largest absolute Gasteiger partial charge is 0.486 e. The summed E-state index contributed by atoms with van der Waals surface area (Å²) in [6.07, 6.45) is 0.971. The molecule has 0 radical (unpaired) electrons. The van der Waals surface area contributed by atoms with Crippen molar-refractivity contribution in [2.45, 2.75) is 12.6 Å². The van der Waals surface area contributed by atoms with Gasteiger partial charge in [-0.05, 0) is 24.3 Å². The Morgan fingerprint density at radius 2 is 1.79 bits per heavy atom. The lowest BCUT2D eigenvalue weighted by atomic mass is 10.2. The summed E-state index contributed by atoms with van der Waals surface area (Å²) in [5, 5.41) is 2.59. The van der Waals surface area contributed by atoms with Crippen LogP contribution in [-0.2, 0) is 20.9 Å². The van der Waals surface area contributed by atoms with Crippen molar-refractivity contribution < 1.29 is 33.1 Å². The minimum atomic E-state index is -1.05. The van der Waals surface area contributed by atoms with Crippen LogP contribution in [-0.4, -0.2) is 59.4 Å². The van der Waals surface area contributed by atoms with Gasteiger partial charge in [0.05, 0.1) is 19.4 Å². The summed E-state index contributed by atoms with van der Waals surface area (Å²) in [6.45, 7) is -0.384. The van der Waals surface area contributed by atoms with Crippen LogP contribution >= 0.6 is 0 Å². The molecule has 1 aromatic heterocycles. The molecule has 1 aromatic carbocycles. The SMILES string of the molecule is O=C(CN1C(=O)C(=O)N(Cc2ccco2)C1=O)NC[C@@H]1COc2ccccc2O1. The fraction of sp³-hybridized carbons (Fsp3) is 0.263. The van der Waals surface area contributed by atoms with Gasteiger partial charge in [-0.1, -0.05) is 12.1 Å². The van der Waals surface area contributed by atoms with Gasteiger partial charge in [0.25, 0.3) is 0 Å². The van der Waals surface area contributed by atoms with Gasteiger partial charge in [0, 0.05) is 0 Å². The van der Waals surface area contributed by atoms with E-state index in [9.17, 15) is 19.2 Å². The number of benzene rings is 1. The van der Waals surface area contributed by atoms with E-state index in [0.717, 1.165) is 4.90 Å². The maximum Gasteiger partial charge on any atom is 0.335 e. The van der Waals surface area contributed by atoms with Crippen molar-refractivity contribution in [3.05, 3.63) is 48.4 Å². The Morgan fingerprint density at radius 3 is 2.55 bits per heavy atom. The number of hydrogen-bond donors (Lipinski definition) is 1. The van der Waals surface area contributed by atoms with E-state index >= 15 is 0 Å². The smallest absolute Gasteiger partial charge is 0.335 e. The fourth-order valence-electron chi connectivity index (χ4n) is 2.98. The number of ether oxygens (including phenoxy) is 2. The van der Waals surface area contributed by atoms with Crippen molar-refractivity contribution in [3.63, 3.8) is 0 Å². The van der Waals surface area contributed by atoms with Gasteiger partial charge < -0.3 is 19.2 Å². The van der Waals surface area contributed by atoms with Gasteiger partial charge >= 0.3 is 17.8 Å². The average molecular weight is 399 g/mol. The van der Waals surface area contributed by atoms with Crippen molar-refractivity contribution >= 4 is 23.8 Å². The Morgan fingerprint density at radius 1 is 1.03 bits per heavy atom. The third-order valence-electron chi connectivity index (χ3n) is 4.43. The maximum atomic E-state index is 12.4. The molecule has 10 heteroatoms. The van der Waals surface area contributed by atoms with Gasteiger partial charge in [-0.2, -0.15) is 0 Å². The second-order valence-electron chi connectivity index (χ2n) is 6.45. The third-order valence-corrected chi connectivity index (χ3v) is 4.43. The molecule has 1 fully saturated rings. The molecule has 0 unspecified atom stereocenters. The highest BCUT2D eigenvalue weighted by Crippen LogP contribution is 2.30.